The van der Waals surface area contributed by atoms with E-state index in [-0.39, 0.29) is 65.5 Å². The number of hydrogen-bond acceptors (Lipinski definition) is 5. The number of alkyl halides is 3. The van der Waals surface area contributed by atoms with E-state index in [0.29, 0.717) is 29.1 Å². The summed E-state index contributed by atoms with van der Waals surface area (Å²) < 4.78 is 66.1. The number of carbonyl (C=O) groups is 2. The highest BCUT2D eigenvalue weighted by Crippen LogP contribution is 2.52. The maximum atomic E-state index is 16.1. The third-order valence-corrected chi connectivity index (χ3v) is 10.9. The number of benzene rings is 1. The average molecular weight is 666 g/mol. The number of likely N-dealkylation sites (tertiary alicyclic amines) is 1. The van der Waals surface area contributed by atoms with Gasteiger partial charge in [0.15, 0.2) is 5.82 Å². The largest absolute Gasteiger partial charge is 0.348 e. The Labute approximate surface area is 274 Å². The molecule has 4 aliphatic rings. The van der Waals surface area contributed by atoms with Crippen LogP contribution in [0.15, 0.2) is 30.3 Å². The minimum Gasteiger partial charge on any atom is -0.348 e. The Balaban J connectivity index is 1.26. The van der Waals surface area contributed by atoms with Gasteiger partial charge in [0, 0.05) is 42.0 Å². The normalized spacial score (nSPS) is 29.1. The minimum absolute atomic E-state index is 0.0274. The van der Waals surface area contributed by atoms with Crippen molar-refractivity contribution in [3.8, 4) is 11.5 Å². The van der Waals surface area contributed by atoms with Crippen molar-refractivity contribution in [1.29, 1.82) is 0 Å². The highest BCUT2D eigenvalue weighted by atomic mass is 19.3. The van der Waals surface area contributed by atoms with E-state index in [4.69, 9.17) is 15.7 Å². The lowest BCUT2D eigenvalue weighted by Gasteiger charge is -2.37. The second kappa shape index (κ2) is 11.0. The van der Waals surface area contributed by atoms with Crippen molar-refractivity contribution < 1.29 is 27.2 Å². The quantitative estimate of drug-likeness (QED) is 0.253. The van der Waals surface area contributed by atoms with E-state index in [9.17, 15) is 9.59 Å². The van der Waals surface area contributed by atoms with Crippen molar-refractivity contribution in [2.45, 2.75) is 108 Å². The number of imidazole rings is 1. The summed E-state index contributed by atoms with van der Waals surface area (Å²) in [6.45, 7) is 3.41. The Kier molecular flexibility index (Phi) is 7.17. The van der Waals surface area contributed by atoms with Crippen molar-refractivity contribution in [2.24, 2.45) is 11.7 Å². The van der Waals surface area contributed by atoms with Gasteiger partial charge in [-0.25, -0.2) is 27.5 Å². The predicted molar refractivity (Wildman–Crippen MR) is 172 cm³/mol. The fourth-order valence-electron chi connectivity index (χ4n) is 7.75. The van der Waals surface area contributed by atoms with Crippen LogP contribution >= 0.6 is 0 Å². The van der Waals surface area contributed by atoms with Crippen molar-refractivity contribution in [2.75, 3.05) is 6.54 Å². The van der Waals surface area contributed by atoms with E-state index in [1.165, 1.54) is 10.6 Å². The molecule has 0 spiro atoms. The molecular weight excluding hydrogens is 626 g/mol. The van der Waals surface area contributed by atoms with Crippen LogP contribution in [0.3, 0.4) is 0 Å². The second-order valence-corrected chi connectivity index (χ2v) is 14.4. The molecule has 2 aliphatic heterocycles. The van der Waals surface area contributed by atoms with Gasteiger partial charge in [-0.3, -0.25) is 9.59 Å². The Morgan fingerprint density at radius 2 is 1.83 bits per heavy atom. The molecule has 254 valence electrons. The van der Waals surface area contributed by atoms with Crippen LogP contribution < -0.4 is 11.1 Å². The molecular formula is C35H39F4N7O2. The number of nitrogens with zero attached hydrogens (tertiary/aromatic N) is 5. The van der Waals surface area contributed by atoms with Gasteiger partial charge in [-0.15, -0.1) is 0 Å². The maximum absolute atomic E-state index is 16.1. The third kappa shape index (κ3) is 5.25. The molecule has 1 aromatic carbocycles. The molecule has 4 aromatic rings. The number of rotatable bonds is 3. The summed E-state index contributed by atoms with van der Waals surface area (Å²) in [4.78, 5) is 37.7. The smallest absolute Gasteiger partial charge is 0.265 e. The zero-order chi connectivity index (χ0) is 33.7. The molecule has 2 amide bonds. The van der Waals surface area contributed by atoms with E-state index < -0.39 is 48.2 Å². The Morgan fingerprint density at radius 3 is 2.60 bits per heavy atom. The van der Waals surface area contributed by atoms with Crippen LogP contribution in [0.1, 0.15) is 93.3 Å². The highest BCUT2D eigenvalue weighted by molar-refractivity contribution is 5.98. The zero-order valence-electron chi connectivity index (χ0n) is 27.0. The van der Waals surface area contributed by atoms with Crippen molar-refractivity contribution in [1.82, 2.24) is 29.3 Å². The molecule has 2 aliphatic carbocycles. The summed E-state index contributed by atoms with van der Waals surface area (Å²) in [6.07, 6.45) is 2.36. The number of nitrogens with two attached hydrogens (primary N) is 1. The molecule has 5 atom stereocenters. The molecule has 0 radical (unpaired) electrons. The molecule has 3 aromatic heterocycles. The monoisotopic (exact) mass is 665 g/mol. The van der Waals surface area contributed by atoms with E-state index in [1.807, 2.05) is 6.92 Å². The number of aromatic nitrogens is 4. The molecule has 9 nitrogen and oxygen atoms in total. The fourth-order valence-corrected chi connectivity index (χ4v) is 7.75. The lowest BCUT2D eigenvalue weighted by atomic mass is 9.97. The lowest BCUT2D eigenvalue weighted by molar-refractivity contribution is -0.124. The first-order valence-electron chi connectivity index (χ1n) is 17.0. The summed E-state index contributed by atoms with van der Waals surface area (Å²) in [5, 5.41) is 3.44. The summed E-state index contributed by atoms with van der Waals surface area (Å²) in [7, 11) is 0. The molecule has 2 saturated carbocycles. The Hall–Kier alpha value is -4.00. The fraction of sp³-hybridized carbons (Fsp3) is 0.543. The number of piperidine rings is 1. The van der Waals surface area contributed by atoms with Gasteiger partial charge in [0.05, 0.1) is 35.4 Å². The van der Waals surface area contributed by atoms with Crippen molar-refractivity contribution in [3.05, 3.63) is 47.4 Å². The number of carbonyl (C=O) groups excluding carboxylic acids is 2. The van der Waals surface area contributed by atoms with Gasteiger partial charge in [0.25, 0.3) is 11.8 Å². The van der Waals surface area contributed by atoms with Gasteiger partial charge in [-0.05, 0) is 89.1 Å². The average Bonchev–Trinajstić information content (AvgIpc) is 3.93. The number of amides is 2. The third-order valence-electron chi connectivity index (χ3n) is 10.9. The Morgan fingerprint density at radius 1 is 1.04 bits per heavy atom. The summed E-state index contributed by atoms with van der Waals surface area (Å²) in [5.41, 5.74) is 6.17. The number of halogens is 4. The Bertz CT molecular complexity index is 1970. The molecule has 2 bridgehead atoms. The van der Waals surface area contributed by atoms with Gasteiger partial charge in [0.2, 0.25) is 5.91 Å². The van der Waals surface area contributed by atoms with Crippen LogP contribution in [-0.4, -0.2) is 66.0 Å². The standard InChI is InChI=1S/C35H39F4N7O2/c1-18-26-9-6-20-15-28(45(30(20)42-26)17-35(38,39)11-4-10-34(37)16-23(34)32(47)41-18)31-43-27-14-21(13-24(36)29(27)46(31)22-7-8-22)33(48)44-12-3-5-25(40)19(44)2/h6,9,13-15,18-19,22-23,25H,3-5,7-8,10-12,16-17,40H2,1-2H3,(H,41,47)/t18?,19-,23+,25-,34+/m1/s1. The summed E-state index contributed by atoms with van der Waals surface area (Å²) in [5.74, 6) is -5.14. The van der Waals surface area contributed by atoms with Crippen molar-refractivity contribution in [3.63, 3.8) is 0 Å². The molecule has 8 rings (SSSR count). The van der Waals surface area contributed by atoms with E-state index in [0.717, 1.165) is 25.7 Å². The summed E-state index contributed by atoms with van der Waals surface area (Å²) in [6, 6.07) is 6.98. The van der Waals surface area contributed by atoms with Crippen LogP contribution in [0.5, 0.6) is 0 Å². The van der Waals surface area contributed by atoms with Crippen LogP contribution in [0.25, 0.3) is 33.6 Å². The molecule has 1 saturated heterocycles. The topological polar surface area (TPSA) is 111 Å². The van der Waals surface area contributed by atoms with Crippen LogP contribution in [0.2, 0.25) is 0 Å². The molecule has 48 heavy (non-hydrogen) atoms. The maximum Gasteiger partial charge on any atom is 0.265 e. The first-order chi connectivity index (χ1) is 22.8. The zero-order valence-corrected chi connectivity index (χ0v) is 27.0. The molecule has 13 heteroatoms. The number of pyridine rings is 1. The van der Waals surface area contributed by atoms with Gasteiger partial charge in [0.1, 0.15) is 22.6 Å². The van der Waals surface area contributed by atoms with Crippen LogP contribution in [0, 0.1) is 11.7 Å². The van der Waals surface area contributed by atoms with Gasteiger partial charge >= 0.3 is 0 Å². The number of nitrogens with one attached hydrogen (secondary N) is 1. The van der Waals surface area contributed by atoms with Crippen LogP contribution in [0.4, 0.5) is 17.6 Å². The SMILES string of the molecule is CC1NC(=O)[C@@H]2C[C@@]2(F)CCCC(F)(F)Cn2c(-c3nc4cc(C(=O)N5CCC[C@@H](N)[C@H]5C)cc(F)c4n3C3CC3)cc3ccc1nc32. The van der Waals surface area contributed by atoms with Gasteiger partial charge in [-0.1, -0.05) is 0 Å². The van der Waals surface area contributed by atoms with Crippen LogP contribution in [-0.2, 0) is 11.3 Å². The number of fused-ring (bicyclic) bond motifs is 3. The first-order valence-corrected chi connectivity index (χ1v) is 17.0. The molecule has 5 heterocycles. The molecule has 3 N–H and O–H groups in total. The first kappa shape index (κ1) is 31.3. The van der Waals surface area contributed by atoms with Crippen molar-refractivity contribution >= 4 is 33.9 Å². The van der Waals surface area contributed by atoms with E-state index in [1.54, 1.807) is 40.7 Å². The summed E-state index contributed by atoms with van der Waals surface area (Å²) >= 11 is 0. The van der Waals surface area contributed by atoms with Gasteiger partial charge < -0.3 is 25.1 Å². The molecule has 3 fully saturated rings. The second-order valence-electron chi connectivity index (χ2n) is 14.4. The number of hydrogen-bond donors (Lipinski definition) is 2. The highest BCUT2D eigenvalue weighted by Gasteiger charge is 2.59. The minimum atomic E-state index is -3.23. The van der Waals surface area contributed by atoms with Gasteiger partial charge in [-0.2, -0.15) is 0 Å². The predicted octanol–water partition coefficient (Wildman–Crippen LogP) is 6.20. The van der Waals surface area contributed by atoms with E-state index in [2.05, 4.69) is 5.32 Å². The molecule has 1 unspecified atom stereocenters. The van der Waals surface area contributed by atoms with E-state index >= 15 is 17.6 Å². The lowest BCUT2D eigenvalue weighted by Crippen LogP contribution is -2.52.